The van der Waals surface area contributed by atoms with E-state index in [9.17, 15) is 22.8 Å². The number of halogens is 3. The second-order valence-corrected chi connectivity index (χ2v) is 8.80. The van der Waals surface area contributed by atoms with Crippen LogP contribution in [0.5, 0.6) is 5.75 Å². The number of hydrogen-bond acceptors (Lipinski definition) is 5. The van der Waals surface area contributed by atoms with Crippen molar-refractivity contribution in [2.45, 2.75) is 42.0 Å². The Kier molecular flexibility index (Phi) is 6.51. The number of carbonyl (C=O) groups is 2. The summed E-state index contributed by atoms with van der Waals surface area (Å²) in [6.45, 7) is 0.388. The molecule has 3 aromatic rings. The second kappa shape index (κ2) is 9.35. The first-order chi connectivity index (χ1) is 15.8. The molecule has 172 valence electrons. The van der Waals surface area contributed by atoms with Crippen LogP contribution in [-0.4, -0.2) is 23.6 Å². The summed E-state index contributed by atoms with van der Waals surface area (Å²) in [5, 5.41) is 4.38. The van der Waals surface area contributed by atoms with E-state index in [4.69, 9.17) is 9.47 Å². The van der Waals surface area contributed by atoms with Gasteiger partial charge in [0, 0.05) is 23.1 Å². The fourth-order valence-corrected chi connectivity index (χ4v) is 4.20. The normalized spacial score (nSPS) is 14.9. The second-order valence-electron chi connectivity index (χ2n) is 7.66. The first-order valence-electron chi connectivity index (χ1n) is 10.2. The highest BCUT2D eigenvalue weighted by Gasteiger charge is 2.41. The van der Waals surface area contributed by atoms with Crippen LogP contribution in [0.15, 0.2) is 65.6 Å². The molecule has 0 saturated heterocycles. The van der Waals surface area contributed by atoms with Crippen molar-refractivity contribution in [2.24, 2.45) is 0 Å². The molecule has 1 amide bonds. The van der Waals surface area contributed by atoms with Crippen LogP contribution in [0.4, 0.5) is 13.2 Å². The van der Waals surface area contributed by atoms with E-state index >= 15 is 0 Å². The lowest BCUT2D eigenvalue weighted by atomic mass is 9.87. The minimum Gasteiger partial charge on any atom is -0.487 e. The Labute approximate surface area is 192 Å². The van der Waals surface area contributed by atoms with E-state index in [1.165, 1.54) is 12.1 Å². The third-order valence-electron chi connectivity index (χ3n) is 5.44. The van der Waals surface area contributed by atoms with Gasteiger partial charge in [-0.3, -0.25) is 9.59 Å². The Bertz CT molecular complexity index is 1160. The smallest absolute Gasteiger partial charge is 0.446 e. The lowest BCUT2D eigenvalue weighted by molar-refractivity contribution is -0.156. The van der Waals surface area contributed by atoms with Crippen LogP contribution in [0.25, 0.3) is 10.8 Å². The van der Waals surface area contributed by atoms with Crippen molar-refractivity contribution in [2.75, 3.05) is 0 Å². The molecule has 0 aromatic heterocycles. The minimum atomic E-state index is -4.35. The van der Waals surface area contributed by atoms with Crippen LogP contribution < -0.4 is 10.1 Å². The van der Waals surface area contributed by atoms with Gasteiger partial charge in [0.25, 0.3) is 12.4 Å². The van der Waals surface area contributed by atoms with Crippen LogP contribution in [-0.2, 0) is 16.1 Å². The van der Waals surface area contributed by atoms with Crippen molar-refractivity contribution in [3.63, 3.8) is 0 Å². The summed E-state index contributed by atoms with van der Waals surface area (Å²) in [5.74, 6) is -0.0888. The van der Waals surface area contributed by atoms with Gasteiger partial charge in [-0.05, 0) is 47.3 Å². The fourth-order valence-electron chi connectivity index (χ4n) is 3.66. The highest BCUT2D eigenvalue weighted by atomic mass is 32.2. The van der Waals surface area contributed by atoms with Crippen molar-refractivity contribution < 1.29 is 32.2 Å². The SMILES string of the molecule is O=COC1(NC(=O)c2ccc3ccccc3c2OCc2ccc(SC(F)(F)F)cc2)CCC1. The summed E-state index contributed by atoms with van der Waals surface area (Å²) < 4.78 is 48.8. The van der Waals surface area contributed by atoms with Crippen molar-refractivity contribution in [3.8, 4) is 5.75 Å². The van der Waals surface area contributed by atoms with E-state index in [1.54, 1.807) is 24.3 Å². The average molecular weight is 475 g/mol. The van der Waals surface area contributed by atoms with Crippen molar-refractivity contribution in [1.82, 2.24) is 5.32 Å². The molecule has 1 aliphatic rings. The number of ether oxygens (including phenoxy) is 2. The van der Waals surface area contributed by atoms with Gasteiger partial charge in [-0.15, -0.1) is 0 Å². The maximum Gasteiger partial charge on any atom is 0.446 e. The zero-order chi connectivity index (χ0) is 23.5. The Morgan fingerprint density at radius 1 is 1.06 bits per heavy atom. The molecule has 1 aliphatic carbocycles. The predicted molar refractivity (Wildman–Crippen MR) is 118 cm³/mol. The summed E-state index contributed by atoms with van der Waals surface area (Å²) in [7, 11) is 0. The van der Waals surface area contributed by atoms with Gasteiger partial charge >= 0.3 is 5.51 Å². The summed E-state index contributed by atoms with van der Waals surface area (Å²) in [5.41, 5.74) is -4.43. The molecule has 33 heavy (non-hydrogen) atoms. The standard InChI is InChI=1S/C24H20F3NO4S/c25-24(26,27)33-18-9-6-16(7-10-18)14-31-21-19-5-2-1-4-17(19)8-11-20(21)22(30)28-23(32-15-29)12-3-13-23/h1-2,4-11,15H,3,12-14H2,(H,28,30). The summed E-state index contributed by atoms with van der Waals surface area (Å²) in [6, 6.07) is 16.7. The molecule has 0 aliphatic heterocycles. The Hall–Kier alpha value is -3.20. The van der Waals surface area contributed by atoms with E-state index < -0.39 is 17.1 Å². The monoisotopic (exact) mass is 475 g/mol. The molecule has 0 bridgehead atoms. The zero-order valence-corrected chi connectivity index (χ0v) is 18.2. The van der Waals surface area contributed by atoms with E-state index in [0.29, 0.717) is 36.0 Å². The van der Waals surface area contributed by atoms with Crippen LogP contribution in [0.1, 0.15) is 35.2 Å². The number of fused-ring (bicyclic) bond motifs is 1. The van der Waals surface area contributed by atoms with Crippen molar-refractivity contribution >= 4 is 34.9 Å². The number of amides is 1. The minimum absolute atomic E-state index is 0.0568. The molecule has 9 heteroatoms. The molecular formula is C24H20F3NO4S. The predicted octanol–water partition coefficient (Wildman–Crippen LogP) is 5.81. The highest BCUT2D eigenvalue weighted by Crippen LogP contribution is 2.37. The van der Waals surface area contributed by atoms with E-state index in [1.807, 2.05) is 24.3 Å². The molecule has 1 saturated carbocycles. The number of nitrogens with one attached hydrogen (secondary N) is 1. The topological polar surface area (TPSA) is 64.6 Å². The van der Waals surface area contributed by atoms with Crippen molar-refractivity contribution in [3.05, 3.63) is 71.8 Å². The number of thioether (sulfide) groups is 1. The van der Waals surface area contributed by atoms with Gasteiger partial charge in [0.15, 0.2) is 5.72 Å². The van der Waals surface area contributed by atoms with Gasteiger partial charge in [0.05, 0.1) is 5.56 Å². The van der Waals surface area contributed by atoms with Gasteiger partial charge in [0.1, 0.15) is 12.4 Å². The third kappa shape index (κ3) is 5.42. The highest BCUT2D eigenvalue weighted by molar-refractivity contribution is 8.00. The van der Waals surface area contributed by atoms with E-state index in [0.717, 1.165) is 11.8 Å². The molecule has 1 N–H and O–H groups in total. The molecule has 1 fully saturated rings. The molecule has 0 atom stereocenters. The number of rotatable bonds is 8. The first-order valence-corrected chi connectivity index (χ1v) is 11.0. The number of benzene rings is 3. The molecule has 0 spiro atoms. The fraction of sp³-hybridized carbons (Fsp3) is 0.250. The van der Waals surface area contributed by atoms with Crippen LogP contribution >= 0.6 is 11.8 Å². The number of hydrogen-bond donors (Lipinski definition) is 1. The number of alkyl halides is 3. The van der Waals surface area contributed by atoms with Crippen LogP contribution in [0.2, 0.25) is 0 Å². The molecule has 3 aromatic carbocycles. The Morgan fingerprint density at radius 2 is 1.79 bits per heavy atom. The molecule has 0 unspecified atom stereocenters. The summed E-state index contributed by atoms with van der Waals surface area (Å²) >= 11 is -0.181. The molecule has 5 nitrogen and oxygen atoms in total. The Morgan fingerprint density at radius 3 is 2.42 bits per heavy atom. The van der Waals surface area contributed by atoms with Gasteiger partial charge < -0.3 is 14.8 Å². The largest absolute Gasteiger partial charge is 0.487 e. The van der Waals surface area contributed by atoms with Gasteiger partial charge in [0.2, 0.25) is 0 Å². The average Bonchev–Trinajstić information content (AvgIpc) is 2.75. The molecule has 0 radical (unpaired) electrons. The van der Waals surface area contributed by atoms with Crippen molar-refractivity contribution in [1.29, 1.82) is 0 Å². The molecular weight excluding hydrogens is 455 g/mol. The third-order valence-corrected chi connectivity index (χ3v) is 6.18. The Balaban J connectivity index is 1.58. The first kappa shape index (κ1) is 23.0. The van der Waals surface area contributed by atoms with E-state index in [2.05, 4.69) is 5.32 Å². The molecule has 4 rings (SSSR count). The maximum absolute atomic E-state index is 13.1. The van der Waals surface area contributed by atoms with Crippen LogP contribution in [0.3, 0.4) is 0 Å². The van der Waals surface area contributed by atoms with Crippen LogP contribution in [0, 0.1) is 0 Å². The number of carbonyl (C=O) groups excluding carboxylic acids is 2. The van der Waals surface area contributed by atoms with Gasteiger partial charge in [-0.25, -0.2) is 0 Å². The lowest BCUT2D eigenvalue weighted by Gasteiger charge is -2.40. The quantitative estimate of drug-likeness (QED) is 0.253. The summed E-state index contributed by atoms with van der Waals surface area (Å²) in [6.07, 6.45) is 1.89. The zero-order valence-electron chi connectivity index (χ0n) is 17.4. The summed E-state index contributed by atoms with van der Waals surface area (Å²) in [4.78, 5) is 24.0. The van der Waals surface area contributed by atoms with Gasteiger partial charge in [-0.2, -0.15) is 13.2 Å². The maximum atomic E-state index is 13.1. The van der Waals surface area contributed by atoms with Gasteiger partial charge in [-0.1, -0.05) is 42.5 Å². The van der Waals surface area contributed by atoms with E-state index in [-0.39, 0.29) is 28.8 Å². The lowest BCUT2D eigenvalue weighted by Crippen LogP contribution is -2.55. The molecule has 0 heterocycles.